The lowest BCUT2D eigenvalue weighted by Crippen LogP contribution is -2.29. The van der Waals surface area contributed by atoms with Crippen LogP contribution >= 0.6 is 0 Å². The molecular formula is C16H33N. The first kappa shape index (κ1) is 15.0. The maximum Gasteiger partial charge on any atom is 0.00976 e. The first-order chi connectivity index (χ1) is 8.11. The quantitative estimate of drug-likeness (QED) is 0.542. The summed E-state index contributed by atoms with van der Waals surface area (Å²) >= 11 is 0. The maximum atomic E-state index is 3.53. The molecule has 1 aliphatic rings. The Balaban J connectivity index is 1.97. The van der Waals surface area contributed by atoms with E-state index < -0.39 is 0 Å². The minimum atomic E-state index is 0.620. The van der Waals surface area contributed by atoms with E-state index in [1.165, 1.54) is 57.8 Å². The van der Waals surface area contributed by atoms with Gasteiger partial charge in [0.1, 0.15) is 0 Å². The van der Waals surface area contributed by atoms with Gasteiger partial charge in [-0.05, 0) is 31.2 Å². The van der Waals surface area contributed by atoms with E-state index in [9.17, 15) is 0 Å². The molecule has 0 aromatic heterocycles. The molecule has 2 atom stereocenters. The third-order valence-electron chi connectivity index (χ3n) is 4.56. The minimum absolute atomic E-state index is 0.620. The second-order valence-corrected chi connectivity index (χ2v) is 6.60. The van der Waals surface area contributed by atoms with Gasteiger partial charge < -0.3 is 5.32 Å². The van der Waals surface area contributed by atoms with E-state index in [1.807, 2.05) is 0 Å². The highest BCUT2D eigenvalue weighted by molar-refractivity contribution is 5.01. The normalized spacial score (nSPS) is 23.6. The Morgan fingerprint density at radius 1 is 1.06 bits per heavy atom. The van der Waals surface area contributed by atoms with Gasteiger partial charge in [0.15, 0.2) is 0 Å². The van der Waals surface area contributed by atoms with E-state index >= 15 is 0 Å². The topological polar surface area (TPSA) is 12.0 Å². The fraction of sp³-hybridized carbons (Fsp3) is 1.00. The molecule has 1 heteroatoms. The summed E-state index contributed by atoms with van der Waals surface area (Å²) < 4.78 is 0. The molecule has 2 unspecified atom stereocenters. The first-order valence-corrected chi connectivity index (χ1v) is 7.79. The van der Waals surface area contributed by atoms with Crippen LogP contribution in [0.3, 0.4) is 0 Å². The van der Waals surface area contributed by atoms with Gasteiger partial charge >= 0.3 is 0 Å². The summed E-state index contributed by atoms with van der Waals surface area (Å²) in [6.45, 7) is 7.11. The van der Waals surface area contributed by atoms with E-state index in [2.05, 4.69) is 33.1 Å². The number of hydrogen-bond acceptors (Lipinski definition) is 1. The monoisotopic (exact) mass is 239 g/mol. The Kier molecular flexibility index (Phi) is 6.54. The highest BCUT2D eigenvalue weighted by Crippen LogP contribution is 2.54. The number of hydrogen-bond donors (Lipinski definition) is 1. The third kappa shape index (κ3) is 5.42. The van der Waals surface area contributed by atoms with Gasteiger partial charge in [-0.1, -0.05) is 65.7 Å². The molecule has 1 fully saturated rings. The summed E-state index contributed by atoms with van der Waals surface area (Å²) in [6, 6.07) is 0.778. The fourth-order valence-corrected chi connectivity index (χ4v) is 3.06. The van der Waals surface area contributed by atoms with Gasteiger partial charge in [-0.2, -0.15) is 0 Å². The van der Waals surface area contributed by atoms with Crippen LogP contribution in [0, 0.1) is 11.3 Å². The van der Waals surface area contributed by atoms with Crippen LogP contribution < -0.4 is 5.32 Å². The van der Waals surface area contributed by atoms with Crippen LogP contribution in [0.2, 0.25) is 0 Å². The summed E-state index contributed by atoms with van der Waals surface area (Å²) in [5, 5.41) is 3.53. The van der Waals surface area contributed by atoms with Crippen molar-refractivity contribution in [2.75, 3.05) is 7.05 Å². The Labute approximate surface area is 109 Å². The van der Waals surface area contributed by atoms with Crippen molar-refractivity contribution in [3.8, 4) is 0 Å². The van der Waals surface area contributed by atoms with Gasteiger partial charge in [0.05, 0.1) is 0 Å². The predicted octanol–water partition coefficient (Wildman–Crippen LogP) is 4.76. The molecule has 1 saturated carbocycles. The smallest absolute Gasteiger partial charge is 0.00976 e. The van der Waals surface area contributed by atoms with Gasteiger partial charge in [0.25, 0.3) is 0 Å². The Morgan fingerprint density at radius 3 is 2.06 bits per heavy atom. The van der Waals surface area contributed by atoms with E-state index in [0.29, 0.717) is 5.41 Å². The lowest BCUT2D eigenvalue weighted by Gasteiger charge is -2.17. The summed E-state index contributed by atoms with van der Waals surface area (Å²) in [5.41, 5.74) is 0.620. The molecule has 1 rings (SSSR count). The SMILES string of the molecule is CCCCCCCCCC(NC)C1CC1(C)C. The zero-order chi connectivity index (χ0) is 12.7. The van der Waals surface area contributed by atoms with Gasteiger partial charge in [-0.3, -0.25) is 0 Å². The molecule has 0 aromatic rings. The van der Waals surface area contributed by atoms with Crippen molar-refractivity contribution in [3.05, 3.63) is 0 Å². The van der Waals surface area contributed by atoms with Crippen molar-refractivity contribution >= 4 is 0 Å². The minimum Gasteiger partial charge on any atom is -0.317 e. The van der Waals surface area contributed by atoms with E-state index in [0.717, 1.165) is 12.0 Å². The average molecular weight is 239 g/mol. The van der Waals surface area contributed by atoms with Gasteiger partial charge in [0.2, 0.25) is 0 Å². The fourth-order valence-electron chi connectivity index (χ4n) is 3.06. The first-order valence-electron chi connectivity index (χ1n) is 7.79. The van der Waals surface area contributed by atoms with E-state index in [-0.39, 0.29) is 0 Å². The highest BCUT2D eigenvalue weighted by atomic mass is 14.9. The molecule has 1 aliphatic carbocycles. The molecule has 102 valence electrons. The van der Waals surface area contributed by atoms with Gasteiger partial charge in [-0.25, -0.2) is 0 Å². The van der Waals surface area contributed by atoms with Crippen LogP contribution in [-0.2, 0) is 0 Å². The Bertz CT molecular complexity index is 198. The zero-order valence-electron chi connectivity index (χ0n) is 12.5. The second kappa shape index (κ2) is 7.41. The Hall–Kier alpha value is -0.0400. The summed E-state index contributed by atoms with van der Waals surface area (Å²) in [4.78, 5) is 0. The lowest BCUT2D eigenvalue weighted by atomic mass is 9.98. The van der Waals surface area contributed by atoms with Gasteiger partial charge in [0, 0.05) is 6.04 Å². The van der Waals surface area contributed by atoms with Crippen molar-refractivity contribution in [2.24, 2.45) is 11.3 Å². The van der Waals surface area contributed by atoms with Crippen LogP contribution in [0.15, 0.2) is 0 Å². The van der Waals surface area contributed by atoms with Crippen LogP contribution in [0.4, 0.5) is 0 Å². The third-order valence-corrected chi connectivity index (χ3v) is 4.56. The number of unbranched alkanes of at least 4 members (excludes halogenated alkanes) is 6. The average Bonchev–Trinajstić information content (AvgIpc) is 2.92. The molecule has 0 amide bonds. The van der Waals surface area contributed by atoms with E-state index in [1.54, 1.807) is 0 Å². The van der Waals surface area contributed by atoms with Crippen molar-refractivity contribution < 1.29 is 0 Å². The van der Waals surface area contributed by atoms with Crippen molar-refractivity contribution in [2.45, 2.75) is 84.6 Å². The molecule has 0 aromatic carbocycles. The van der Waals surface area contributed by atoms with Crippen molar-refractivity contribution in [3.63, 3.8) is 0 Å². The standard InChI is InChI=1S/C16H33N/c1-5-6-7-8-9-10-11-12-15(17-4)14-13-16(14,2)3/h14-15,17H,5-13H2,1-4H3. The number of nitrogens with one attached hydrogen (secondary N) is 1. The van der Waals surface area contributed by atoms with Crippen LogP contribution in [0.25, 0.3) is 0 Å². The molecule has 0 saturated heterocycles. The lowest BCUT2D eigenvalue weighted by molar-refractivity contribution is 0.392. The van der Waals surface area contributed by atoms with Crippen LogP contribution in [0.5, 0.6) is 0 Å². The zero-order valence-corrected chi connectivity index (χ0v) is 12.5. The number of rotatable bonds is 10. The van der Waals surface area contributed by atoms with Crippen LogP contribution in [-0.4, -0.2) is 13.1 Å². The summed E-state index contributed by atoms with van der Waals surface area (Å²) in [7, 11) is 2.14. The highest BCUT2D eigenvalue weighted by Gasteiger charge is 2.49. The largest absolute Gasteiger partial charge is 0.317 e. The van der Waals surface area contributed by atoms with Crippen LogP contribution in [0.1, 0.15) is 78.6 Å². The molecular weight excluding hydrogens is 206 g/mol. The van der Waals surface area contributed by atoms with Crippen molar-refractivity contribution in [1.29, 1.82) is 0 Å². The molecule has 1 nitrogen and oxygen atoms in total. The molecule has 17 heavy (non-hydrogen) atoms. The molecule has 0 bridgehead atoms. The molecule has 1 N–H and O–H groups in total. The predicted molar refractivity (Wildman–Crippen MR) is 77.3 cm³/mol. The summed E-state index contributed by atoms with van der Waals surface area (Å²) in [6.07, 6.45) is 12.8. The molecule has 0 radical (unpaired) electrons. The van der Waals surface area contributed by atoms with E-state index in [4.69, 9.17) is 0 Å². The van der Waals surface area contributed by atoms with Crippen molar-refractivity contribution in [1.82, 2.24) is 5.32 Å². The Morgan fingerprint density at radius 2 is 1.59 bits per heavy atom. The molecule has 0 heterocycles. The second-order valence-electron chi connectivity index (χ2n) is 6.60. The molecule has 0 aliphatic heterocycles. The molecule has 0 spiro atoms. The summed E-state index contributed by atoms with van der Waals surface area (Å²) in [5.74, 6) is 0.938. The van der Waals surface area contributed by atoms with Gasteiger partial charge in [-0.15, -0.1) is 0 Å². The maximum absolute atomic E-state index is 3.53.